The molecule has 4 nitrogen and oxygen atoms in total. The lowest BCUT2D eigenvalue weighted by molar-refractivity contribution is -0.139. The van der Waals surface area contributed by atoms with Crippen LogP contribution in [0.2, 0.25) is 0 Å². The van der Waals surface area contributed by atoms with Crippen LogP contribution in [-0.4, -0.2) is 16.1 Å². The summed E-state index contributed by atoms with van der Waals surface area (Å²) in [6, 6.07) is 5.78. The minimum absolute atomic E-state index is 0.123. The number of carboxylic acid groups (broad SMARTS) is 1. The molecule has 4 heteroatoms. The van der Waals surface area contributed by atoms with Crippen molar-refractivity contribution in [2.45, 2.75) is 26.7 Å². The van der Waals surface area contributed by atoms with Crippen LogP contribution in [-0.2, 0) is 4.79 Å². The summed E-state index contributed by atoms with van der Waals surface area (Å²) in [5, 5.41) is 9.18. The minimum Gasteiger partial charge on any atom is -0.481 e. The molecule has 0 bridgehead atoms. The predicted octanol–water partition coefficient (Wildman–Crippen LogP) is 2.96. The molecule has 1 aliphatic rings. The number of hydrogen-bond acceptors (Lipinski definition) is 3. The van der Waals surface area contributed by atoms with Crippen molar-refractivity contribution in [1.29, 1.82) is 0 Å². The monoisotopic (exact) mass is 245 g/mol. The number of carbonyl (C=O) groups is 1. The van der Waals surface area contributed by atoms with Crippen LogP contribution < -0.4 is 0 Å². The average Bonchev–Trinajstić information content (AvgIpc) is 2.68. The molecule has 3 rings (SSSR count). The average molecular weight is 245 g/mol. The lowest BCUT2D eigenvalue weighted by atomic mass is 10.1. The van der Waals surface area contributed by atoms with Gasteiger partial charge in [0.05, 0.1) is 11.8 Å². The van der Waals surface area contributed by atoms with E-state index in [1.54, 1.807) is 0 Å². The summed E-state index contributed by atoms with van der Waals surface area (Å²) in [4.78, 5) is 15.6. The van der Waals surface area contributed by atoms with Crippen molar-refractivity contribution < 1.29 is 14.3 Å². The zero-order valence-corrected chi connectivity index (χ0v) is 10.6. The third-order valence-corrected chi connectivity index (χ3v) is 3.99. The van der Waals surface area contributed by atoms with Gasteiger partial charge in [0.15, 0.2) is 11.5 Å². The van der Waals surface area contributed by atoms with E-state index in [0.717, 1.165) is 16.7 Å². The van der Waals surface area contributed by atoms with E-state index in [9.17, 15) is 9.90 Å². The number of nitrogens with zero attached hydrogens (tertiary/aromatic N) is 1. The van der Waals surface area contributed by atoms with Gasteiger partial charge in [0.2, 0.25) is 0 Å². The Hall–Kier alpha value is -1.84. The van der Waals surface area contributed by atoms with Crippen molar-refractivity contribution in [3.63, 3.8) is 0 Å². The van der Waals surface area contributed by atoms with E-state index < -0.39 is 11.9 Å². The van der Waals surface area contributed by atoms with Crippen molar-refractivity contribution in [3.8, 4) is 0 Å². The molecule has 1 aromatic heterocycles. The molecule has 0 amide bonds. The summed E-state index contributed by atoms with van der Waals surface area (Å²) >= 11 is 0. The predicted molar refractivity (Wildman–Crippen MR) is 66.4 cm³/mol. The molecule has 1 aliphatic carbocycles. The van der Waals surface area contributed by atoms with Gasteiger partial charge in [-0.1, -0.05) is 26.0 Å². The van der Waals surface area contributed by atoms with E-state index >= 15 is 0 Å². The molecule has 0 aliphatic heterocycles. The second-order valence-electron chi connectivity index (χ2n) is 5.59. The van der Waals surface area contributed by atoms with E-state index in [1.165, 1.54) is 0 Å². The van der Waals surface area contributed by atoms with Crippen LogP contribution in [0.5, 0.6) is 0 Å². The van der Waals surface area contributed by atoms with E-state index in [0.29, 0.717) is 5.89 Å². The number of benzene rings is 1. The number of aromatic nitrogens is 1. The van der Waals surface area contributed by atoms with Crippen LogP contribution in [0, 0.1) is 18.3 Å². The topological polar surface area (TPSA) is 63.3 Å². The molecular weight excluding hydrogens is 230 g/mol. The maximum atomic E-state index is 11.2. The molecule has 1 saturated carbocycles. The molecule has 1 heterocycles. The Balaban J connectivity index is 2.07. The van der Waals surface area contributed by atoms with Gasteiger partial charge in [-0.2, -0.15) is 0 Å². The number of para-hydroxylation sites is 1. The van der Waals surface area contributed by atoms with Crippen molar-refractivity contribution in [3.05, 3.63) is 29.7 Å². The van der Waals surface area contributed by atoms with E-state index in [4.69, 9.17) is 4.42 Å². The van der Waals surface area contributed by atoms with Gasteiger partial charge in [-0.25, -0.2) is 4.98 Å². The summed E-state index contributed by atoms with van der Waals surface area (Å²) < 4.78 is 5.76. The van der Waals surface area contributed by atoms with Crippen molar-refractivity contribution >= 4 is 17.1 Å². The Morgan fingerprint density at radius 1 is 1.44 bits per heavy atom. The largest absolute Gasteiger partial charge is 0.481 e. The molecular formula is C14H15NO3. The Kier molecular flexibility index (Phi) is 2.09. The number of fused-ring (bicyclic) bond motifs is 1. The Morgan fingerprint density at radius 3 is 2.72 bits per heavy atom. The third kappa shape index (κ3) is 1.38. The fourth-order valence-electron chi connectivity index (χ4n) is 2.80. The summed E-state index contributed by atoms with van der Waals surface area (Å²) in [6.07, 6.45) is 0. The molecule has 0 radical (unpaired) electrons. The van der Waals surface area contributed by atoms with Crippen molar-refractivity contribution in [2.24, 2.45) is 11.3 Å². The molecule has 18 heavy (non-hydrogen) atoms. The minimum atomic E-state index is -0.774. The quantitative estimate of drug-likeness (QED) is 0.883. The molecule has 94 valence electrons. The number of aliphatic carboxylic acids is 1. The Bertz CT molecular complexity index is 642. The SMILES string of the molecule is Cc1cccc2nc(C3C(C(=O)O)C3(C)C)oc12. The molecule has 2 atom stereocenters. The van der Waals surface area contributed by atoms with Crippen LogP contribution in [0.25, 0.3) is 11.1 Å². The van der Waals surface area contributed by atoms with Gasteiger partial charge in [-0.05, 0) is 24.0 Å². The lowest BCUT2D eigenvalue weighted by Gasteiger charge is -1.96. The first-order valence-corrected chi connectivity index (χ1v) is 6.02. The first kappa shape index (κ1) is 11.3. The van der Waals surface area contributed by atoms with Gasteiger partial charge in [-0.3, -0.25) is 4.79 Å². The van der Waals surface area contributed by atoms with Crippen LogP contribution in [0.4, 0.5) is 0 Å². The molecule has 1 N–H and O–H groups in total. The molecule has 1 aromatic carbocycles. The van der Waals surface area contributed by atoms with Crippen LogP contribution >= 0.6 is 0 Å². The van der Waals surface area contributed by atoms with Gasteiger partial charge < -0.3 is 9.52 Å². The van der Waals surface area contributed by atoms with E-state index in [2.05, 4.69) is 4.98 Å². The highest BCUT2D eigenvalue weighted by atomic mass is 16.4. The van der Waals surface area contributed by atoms with Crippen LogP contribution in [0.3, 0.4) is 0 Å². The van der Waals surface area contributed by atoms with Gasteiger partial charge in [0.1, 0.15) is 5.52 Å². The maximum Gasteiger partial charge on any atom is 0.307 e. The van der Waals surface area contributed by atoms with Crippen LogP contribution in [0.15, 0.2) is 22.6 Å². The number of rotatable bonds is 2. The summed E-state index contributed by atoms with van der Waals surface area (Å²) in [5.41, 5.74) is 2.31. The van der Waals surface area contributed by atoms with E-state index in [-0.39, 0.29) is 11.3 Å². The first-order chi connectivity index (χ1) is 8.43. The highest BCUT2D eigenvalue weighted by molar-refractivity contribution is 5.79. The molecule has 1 fully saturated rings. The smallest absolute Gasteiger partial charge is 0.307 e. The zero-order chi connectivity index (χ0) is 13.1. The van der Waals surface area contributed by atoms with Crippen molar-refractivity contribution in [1.82, 2.24) is 4.98 Å². The zero-order valence-electron chi connectivity index (χ0n) is 10.6. The number of carboxylic acids is 1. The Morgan fingerprint density at radius 2 is 2.17 bits per heavy atom. The summed E-state index contributed by atoms with van der Waals surface area (Å²) in [7, 11) is 0. The van der Waals surface area contributed by atoms with Gasteiger partial charge in [0, 0.05) is 0 Å². The molecule has 2 unspecified atom stereocenters. The van der Waals surface area contributed by atoms with Gasteiger partial charge in [-0.15, -0.1) is 0 Å². The maximum absolute atomic E-state index is 11.2. The van der Waals surface area contributed by atoms with Gasteiger partial charge in [0.25, 0.3) is 0 Å². The lowest BCUT2D eigenvalue weighted by Crippen LogP contribution is -2.03. The second kappa shape index (κ2) is 3.34. The second-order valence-corrected chi connectivity index (χ2v) is 5.59. The van der Waals surface area contributed by atoms with E-state index in [1.807, 2.05) is 39.0 Å². The normalized spacial score (nSPS) is 25.3. The molecule has 0 spiro atoms. The molecule has 2 aromatic rings. The Labute approximate surface area is 105 Å². The molecule has 0 saturated heterocycles. The fourth-order valence-corrected chi connectivity index (χ4v) is 2.80. The first-order valence-electron chi connectivity index (χ1n) is 6.02. The summed E-state index contributed by atoms with van der Waals surface area (Å²) in [5.74, 6) is -0.742. The number of oxazole rings is 1. The number of hydrogen-bond donors (Lipinski definition) is 1. The fraction of sp³-hybridized carbons (Fsp3) is 0.429. The van der Waals surface area contributed by atoms with Crippen LogP contribution in [0.1, 0.15) is 31.2 Å². The van der Waals surface area contributed by atoms with Crippen molar-refractivity contribution in [2.75, 3.05) is 0 Å². The third-order valence-electron chi connectivity index (χ3n) is 3.99. The highest BCUT2D eigenvalue weighted by Gasteiger charge is 2.65. The highest BCUT2D eigenvalue weighted by Crippen LogP contribution is 2.64. The standard InChI is InChI=1S/C14H15NO3/c1-7-5-4-6-8-11(7)18-12(15-8)9-10(13(16)17)14(9,2)3/h4-6,9-10H,1-3H3,(H,16,17). The number of aryl methyl sites for hydroxylation is 1. The van der Waals surface area contributed by atoms with Gasteiger partial charge >= 0.3 is 5.97 Å². The summed E-state index contributed by atoms with van der Waals surface area (Å²) in [6.45, 7) is 5.85.